The van der Waals surface area contributed by atoms with E-state index in [1.54, 1.807) is 0 Å². The van der Waals surface area contributed by atoms with Crippen LogP contribution in [0.5, 0.6) is 0 Å². The van der Waals surface area contributed by atoms with Crippen LogP contribution in [0, 0.1) is 29.6 Å². The second-order valence-electron chi connectivity index (χ2n) is 5.52. The Morgan fingerprint density at radius 1 is 1.17 bits per heavy atom. The molecule has 0 aliphatic heterocycles. The minimum atomic E-state index is 0.147. The average molecular weight is 333 g/mol. The summed E-state index contributed by atoms with van der Waals surface area (Å²) < 4.78 is 0. The summed E-state index contributed by atoms with van der Waals surface area (Å²) in [5.74, 6) is 0.147. The monoisotopic (exact) mass is 332 g/mol. The van der Waals surface area contributed by atoms with E-state index in [0.29, 0.717) is 21.9 Å². The molecule has 2 aromatic rings. The molecule has 0 fully saturated rings. The fourth-order valence-corrected chi connectivity index (χ4v) is 3.13. The molecule has 0 atom stereocenters. The van der Waals surface area contributed by atoms with Gasteiger partial charge in [0.15, 0.2) is 0 Å². The van der Waals surface area contributed by atoms with Crippen molar-refractivity contribution in [1.29, 1.82) is 10.5 Å². The van der Waals surface area contributed by atoms with Gasteiger partial charge in [-0.2, -0.15) is 10.5 Å². The Balaban J connectivity index is 2.36. The van der Waals surface area contributed by atoms with Gasteiger partial charge in [0, 0.05) is 10.6 Å². The number of nitrogens with zero attached hydrogens (tertiary/aromatic N) is 3. The fraction of sp³-hybridized carbons (Fsp3) is 0.105. The van der Waals surface area contributed by atoms with E-state index < -0.39 is 0 Å². The molecule has 1 aromatic carbocycles. The third kappa shape index (κ3) is 2.25. The zero-order chi connectivity index (χ0) is 17.4. The molecule has 1 heterocycles. The van der Waals surface area contributed by atoms with Gasteiger partial charge in [0.25, 0.3) is 0 Å². The molecule has 5 heteroatoms. The van der Waals surface area contributed by atoms with Crippen LogP contribution >= 0.6 is 11.6 Å². The molecule has 1 aliphatic rings. The molecule has 0 bridgehead atoms. The van der Waals surface area contributed by atoms with Gasteiger partial charge in [-0.3, -0.25) is 0 Å². The summed E-state index contributed by atoms with van der Waals surface area (Å²) in [6.07, 6.45) is 1.92. The number of fused-ring (bicyclic) bond motifs is 1. The normalized spacial score (nSPS) is 14.5. The minimum Gasteiger partial charge on any atom is -0.383 e. The number of benzene rings is 1. The van der Waals surface area contributed by atoms with Gasteiger partial charge in [0.05, 0.1) is 16.8 Å². The summed E-state index contributed by atoms with van der Waals surface area (Å²) >= 11 is 6.26. The molecule has 2 N–H and O–H groups in total. The number of nitrogens with two attached hydrogens (primary N) is 1. The van der Waals surface area contributed by atoms with Crippen LogP contribution in [0.2, 0.25) is 5.02 Å². The Labute approximate surface area is 145 Å². The molecule has 0 radical (unpaired) electrons. The van der Waals surface area contributed by atoms with Crippen LogP contribution < -0.4 is 5.73 Å². The maximum atomic E-state index is 9.52. The van der Waals surface area contributed by atoms with Crippen LogP contribution in [0.4, 0.5) is 5.82 Å². The molecule has 1 aromatic heterocycles. The SMILES string of the molecule is CC1=C(C#N)c2nc(N)c(C#N)c(C)c2/C1=C/c1ccccc1Cl. The lowest BCUT2D eigenvalue weighted by Gasteiger charge is -2.11. The highest BCUT2D eigenvalue weighted by Crippen LogP contribution is 2.44. The first kappa shape index (κ1) is 15.8. The number of halogens is 1. The number of allylic oxidation sites excluding steroid dienone is 3. The molecular weight excluding hydrogens is 320 g/mol. The van der Waals surface area contributed by atoms with E-state index >= 15 is 0 Å². The second-order valence-corrected chi connectivity index (χ2v) is 5.93. The number of hydrogen-bond acceptors (Lipinski definition) is 4. The first-order valence-electron chi connectivity index (χ1n) is 7.28. The summed E-state index contributed by atoms with van der Waals surface area (Å²) in [7, 11) is 0. The number of pyridine rings is 1. The molecule has 4 nitrogen and oxygen atoms in total. The lowest BCUT2D eigenvalue weighted by atomic mass is 9.95. The van der Waals surface area contributed by atoms with Gasteiger partial charge in [-0.15, -0.1) is 0 Å². The predicted molar refractivity (Wildman–Crippen MR) is 95.6 cm³/mol. The van der Waals surface area contributed by atoms with Gasteiger partial charge in [-0.05, 0) is 48.3 Å². The standard InChI is InChI=1S/C19H13ClN4/c1-10-13(7-12-5-3-4-6-16(12)20)17-11(2)15(9-22)19(23)24-18(17)14(10)8-21/h3-7H,1-2H3,(H2,23,24)/b13-7+. The maximum absolute atomic E-state index is 9.52. The highest BCUT2D eigenvalue weighted by atomic mass is 35.5. The van der Waals surface area contributed by atoms with Crippen LogP contribution in [0.15, 0.2) is 29.8 Å². The number of hydrogen-bond donors (Lipinski definition) is 1. The highest BCUT2D eigenvalue weighted by Gasteiger charge is 2.29. The second kappa shape index (κ2) is 5.85. The van der Waals surface area contributed by atoms with Gasteiger partial charge in [-0.25, -0.2) is 4.98 Å². The smallest absolute Gasteiger partial charge is 0.142 e. The molecule has 0 unspecified atom stereocenters. The summed E-state index contributed by atoms with van der Waals surface area (Å²) in [6, 6.07) is 11.8. The van der Waals surface area contributed by atoms with Crippen molar-refractivity contribution in [1.82, 2.24) is 4.98 Å². The van der Waals surface area contributed by atoms with Crippen molar-refractivity contribution in [3.05, 3.63) is 62.8 Å². The first-order valence-corrected chi connectivity index (χ1v) is 7.65. The van der Waals surface area contributed by atoms with Crippen LogP contribution in [0.3, 0.4) is 0 Å². The quantitative estimate of drug-likeness (QED) is 0.841. The number of nitrogen functional groups attached to an aromatic ring is 1. The molecule has 116 valence electrons. The molecule has 24 heavy (non-hydrogen) atoms. The van der Waals surface area contributed by atoms with E-state index in [2.05, 4.69) is 17.1 Å². The number of anilines is 1. The van der Waals surface area contributed by atoms with Crippen LogP contribution in [0.25, 0.3) is 17.2 Å². The van der Waals surface area contributed by atoms with Crippen molar-refractivity contribution >= 4 is 34.6 Å². The Bertz CT molecular complexity index is 1020. The Hall–Kier alpha value is -3.08. The van der Waals surface area contributed by atoms with Crippen LogP contribution in [-0.2, 0) is 0 Å². The number of rotatable bonds is 1. The zero-order valence-electron chi connectivity index (χ0n) is 13.2. The van der Waals surface area contributed by atoms with Crippen molar-refractivity contribution < 1.29 is 0 Å². The summed E-state index contributed by atoms with van der Waals surface area (Å²) in [6.45, 7) is 3.69. The van der Waals surface area contributed by atoms with Crippen molar-refractivity contribution in [2.24, 2.45) is 0 Å². The van der Waals surface area contributed by atoms with Gasteiger partial charge >= 0.3 is 0 Å². The molecule has 0 saturated carbocycles. The fourth-order valence-electron chi connectivity index (χ4n) is 2.94. The Morgan fingerprint density at radius 3 is 2.50 bits per heavy atom. The Morgan fingerprint density at radius 2 is 1.88 bits per heavy atom. The topological polar surface area (TPSA) is 86.5 Å². The van der Waals surface area contributed by atoms with Crippen molar-refractivity contribution in [2.75, 3.05) is 5.73 Å². The van der Waals surface area contributed by atoms with Crippen molar-refractivity contribution in [3.8, 4) is 12.1 Å². The number of nitriles is 2. The first-order chi connectivity index (χ1) is 11.5. The largest absolute Gasteiger partial charge is 0.383 e. The Kier molecular flexibility index (Phi) is 3.85. The number of aromatic nitrogens is 1. The lowest BCUT2D eigenvalue weighted by molar-refractivity contribution is 1.22. The van der Waals surface area contributed by atoms with Crippen molar-refractivity contribution in [2.45, 2.75) is 13.8 Å². The minimum absolute atomic E-state index is 0.147. The zero-order valence-corrected chi connectivity index (χ0v) is 13.9. The van der Waals surface area contributed by atoms with E-state index in [1.807, 2.05) is 44.2 Å². The molecule has 0 amide bonds. The summed E-state index contributed by atoms with van der Waals surface area (Å²) in [5, 5.41) is 19.5. The van der Waals surface area contributed by atoms with E-state index in [-0.39, 0.29) is 5.82 Å². The van der Waals surface area contributed by atoms with Gasteiger partial charge in [-0.1, -0.05) is 29.8 Å². The van der Waals surface area contributed by atoms with Crippen LogP contribution in [-0.4, -0.2) is 4.98 Å². The molecule has 1 aliphatic carbocycles. The van der Waals surface area contributed by atoms with E-state index in [9.17, 15) is 10.5 Å². The molecule has 0 saturated heterocycles. The summed E-state index contributed by atoms with van der Waals surface area (Å²) in [5.41, 5.74) is 11.2. The lowest BCUT2D eigenvalue weighted by Crippen LogP contribution is -2.03. The molecule has 3 rings (SSSR count). The summed E-state index contributed by atoms with van der Waals surface area (Å²) in [4.78, 5) is 4.30. The van der Waals surface area contributed by atoms with E-state index in [1.165, 1.54) is 0 Å². The maximum Gasteiger partial charge on any atom is 0.142 e. The van der Waals surface area contributed by atoms with E-state index in [0.717, 1.165) is 27.8 Å². The average Bonchev–Trinajstić information content (AvgIpc) is 2.81. The van der Waals surface area contributed by atoms with Gasteiger partial charge < -0.3 is 5.73 Å². The third-order valence-corrected chi connectivity index (χ3v) is 4.53. The third-order valence-electron chi connectivity index (χ3n) is 4.19. The van der Waals surface area contributed by atoms with Gasteiger partial charge in [0.2, 0.25) is 0 Å². The van der Waals surface area contributed by atoms with Gasteiger partial charge in [0.1, 0.15) is 18.0 Å². The predicted octanol–water partition coefficient (Wildman–Crippen LogP) is 4.35. The van der Waals surface area contributed by atoms with Crippen molar-refractivity contribution in [3.63, 3.8) is 0 Å². The van der Waals surface area contributed by atoms with Crippen LogP contribution in [0.1, 0.15) is 34.9 Å². The molecule has 0 spiro atoms. The van der Waals surface area contributed by atoms with E-state index in [4.69, 9.17) is 17.3 Å². The molecular formula is C19H13ClN4. The highest BCUT2D eigenvalue weighted by molar-refractivity contribution is 6.32.